The highest BCUT2D eigenvalue weighted by Crippen LogP contribution is 2.21. The number of hydrogen-bond acceptors (Lipinski definition) is 3. The van der Waals surface area contributed by atoms with E-state index in [0.717, 1.165) is 49.5 Å². The maximum atomic E-state index is 12.6. The summed E-state index contributed by atoms with van der Waals surface area (Å²) in [5.74, 6) is 2.96. The Bertz CT molecular complexity index is 671. The van der Waals surface area contributed by atoms with Crippen molar-refractivity contribution < 1.29 is 9.21 Å². The van der Waals surface area contributed by atoms with Crippen molar-refractivity contribution in [3.63, 3.8) is 0 Å². The molecule has 0 radical (unpaired) electrons. The average molecular weight is 301 g/mol. The summed E-state index contributed by atoms with van der Waals surface area (Å²) in [6.45, 7) is 5.64. The fourth-order valence-electron chi connectivity index (χ4n) is 3.16. The molecular weight excluding hydrogens is 278 g/mol. The first-order valence-electron chi connectivity index (χ1n) is 7.93. The van der Waals surface area contributed by atoms with Crippen LogP contribution in [0.15, 0.2) is 22.9 Å². The van der Waals surface area contributed by atoms with Crippen molar-refractivity contribution in [2.75, 3.05) is 13.6 Å². The fraction of sp³-hybridized carbons (Fsp3) is 0.529. The van der Waals surface area contributed by atoms with Gasteiger partial charge in [0.1, 0.15) is 11.6 Å². The third-order valence-electron chi connectivity index (χ3n) is 4.42. The molecule has 0 fully saturated rings. The van der Waals surface area contributed by atoms with Gasteiger partial charge >= 0.3 is 0 Å². The summed E-state index contributed by atoms with van der Waals surface area (Å²) in [5.41, 5.74) is 0.925. The molecule has 5 heteroatoms. The molecule has 2 aromatic rings. The highest BCUT2D eigenvalue weighted by molar-refractivity contribution is 5.92. The van der Waals surface area contributed by atoms with Crippen molar-refractivity contribution in [1.82, 2.24) is 14.5 Å². The van der Waals surface area contributed by atoms with E-state index in [1.54, 1.807) is 4.90 Å². The van der Waals surface area contributed by atoms with Crippen LogP contribution in [0.3, 0.4) is 0 Å². The van der Waals surface area contributed by atoms with E-state index in [4.69, 9.17) is 4.42 Å². The first kappa shape index (κ1) is 14.9. The number of imidazole rings is 1. The lowest BCUT2D eigenvalue weighted by Crippen LogP contribution is -2.35. The number of rotatable bonds is 4. The summed E-state index contributed by atoms with van der Waals surface area (Å²) < 4.78 is 7.87. The smallest absolute Gasteiger partial charge is 0.289 e. The molecule has 1 aliphatic rings. The maximum absolute atomic E-state index is 12.6. The minimum Gasteiger partial charge on any atom is -0.456 e. The second kappa shape index (κ2) is 5.99. The van der Waals surface area contributed by atoms with Gasteiger partial charge in [0.05, 0.1) is 0 Å². The van der Waals surface area contributed by atoms with Crippen LogP contribution in [-0.2, 0) is 19.4 Å². The van der Waals surface area contributed by atoms with Crippen LogP contribution >= 0.6 is 0 Å². The SMILES string of the molecule is CCc1cc(C)c(C(=O)N(C)C[C@@H]2CCc3nccn3C2)o1. The van der Waals surface area contributed by atoms with Gasteiger partial charge < -0.3 is 13.9 Å². The van der Waals surface area contributed by atoms with Gasteiger partial charge in [0.15, 0.2) is 5.76 Å². The fourth-order valence-corrected chi connectivity index (χ4v) is 3.16. The molecule has 3 heterocycles. The van der Waals surface area contributed by atoms with E-state index in [9.17, 15) is 4.79 Å². The standard InChI is InChI=1S/C17H23N3O2/c1-4-14-9-12(2)16(22-14)17(21)19(3)10-13-5-6-15-18-7-8-20(15)11-13/h7-9,13H,4-6,10-11H2,1-3H3/t13-/m0/s1. The van der Waals surface area contributed by atoms with Crippen LogP contribution in [0.2, 0.25) is 0 Å². The van der Waals surface area contributed by atoms with Crippen molar-refractivity contribution in [1.29, 1.82) is 0 Å². The molecule has 5 nitrogen and oxygen atoms in total. The van der Waals surface area contributed by atoms with Crippen LogP contribution in [0.5, 0.6) is 0 Å². The number of furan rings is 1. The molecule has 118 valence electrons. The molecule has 2 aromatic heterocycles. The molecule has 0 N–H and O–H groups in total. The number of fused-ring (bicyclic) bond motifs is 1. The van der Waals surface area contributed by atoms with E-state index >= 15 is 0 Å². The van der Waals surface area contributed by atoms with Crippen molar-refractivity contribution >= 4 is 5.91 Å². The molecule has 1 amide bonds. The van der Waals surface area contributed by atoms with Crippen LogP contribution in [-0.4, -0.2) is 34.0 Å². The van der Waals surface area contributed by atoms with Crippen LogP contribution in [0, 0.1) is 12.8 Å². The van der Waals surface area contributed by atoms with Gasteiger partial charge in [0.25, 0.3) is 5.91 Å². The largest absolute Gasteiger partial charge is 0.456 e. The van der Waals surface area contributed by atoms with E-state index in [2.05, 4.69) is 9.55 Å². The molecule has 3 rings (SSSR count). The Labute approximate surface area is 130 Å². The summed E-state index contributed by atoms with van der Waals surface area (Å²) >= 11 is 0. The zero-order valence-corrected chi connectivity index (χ0v) is 13.5. The molecule has 22 heavy (non-hydrogen) atoms. The molecular formula is C17H23N3O2. The highest BCUT2D eigenvalue weighted by Gasteiger charge is 2.24. The normalized spacial score (nSPS) is 17.3. The first-order chi connectivity index (χ1) is 10.6. The third kappa shape index (κ3) is 2.80. The summed E-state index contributed by atoms with van der Waals surface area (Å²) in [6, 6.07) is 1.96. The van der Waals surface area contributed by atoms with Gasteiger partial charge in [-0.15, -0.1) is 0 Å². The molecule has 0 unspecified atom stereocenters. The van der Waals surface area contributed by atoms with Gasteiger partial charge in [-0.3, -0.25) is 4.79 Å². The zero-order valence-electron chi connectivity index (χ0n) is 13.5. The van der Waals surface area contributed by atoms with Crippen LogP contribution in [0.1, 0.15) is 41.0 Å². The monoisotopic (exact) mass is 301 g/mol. The lowest BCUT2D eigenvalue weighted by atomic mass is 9.99. The molecule has 0 aromatic carbocycles. The lowest BCUT2D eigenvalue weighted by Gasteiger charge is -2.27. The predicted octanol–water partition coefficient (Wildman–Crippen LogP) is 2.68. The Morgan fingerprint density at radius 3 is 3.09 bits per heavy atom. The van der Waals surface area contributed by atoms with Crippen LogP contribution < -0.4 is 0 Å². The van der Waals surface area contributed by atoms with Gasteiger partial charge in [-0.1, -0.05) is 6.92 Å². The number of carbonyl (C=O) groups is 1. The van der Waals surface area contributed by atoms with Crippen LogP contribution in [0.4, 0.5) is 0 Å². The van der Waals surface area contributed by atoms with Gasteiger partial charge in [-0.2, -0.15) is 0 Å². The number of carbonyl (C=O) groups excluding carboxylic acids is 1. The van der Waals surface area contributed by atoms with Gasteiger partial charge in [0.2, 0.25) is 0 Å². The van der Waals surface area contributed by atoms with Crippen molar-refractivity contribution in [2.45, 2.75) is 39.7 Å². The second-order valence-electron chi connectivity index (χ2n) is 6.16. The Hall–Kier alpha value is -2.04. The summed E-state index contributed by atoms with van der Waals surface area (Å²) in [5, 5.41) is 0. The second-order valence-corrected chi connectivity index (χ2v) is 6.16. The summed E-state index contributed by atoms with van der Waals surface area (Å²) in [4.78, 5) is 18.7. The minimum atomic E-state index is -0.0198. The van der Waals surface area contributed by atoms with E-state index < -0.39 is 0 Å². The van der Waals surface area contributed by atoms with Crippen molar-refractivity contribution in [2.24, 2.45) is 5.92 Å². The Morgan fingerprint density at radius 2 is 2.36 bits per heavy atom. The van der Waals surface area contributed by atoms with E-state index in [-0.39, 0.29) is 5.91 Å². The van der Waals surface area contributed by atoms with Crippen molar-refractivity contribution in [3.05, 3.63) is 41.4 Å². The molecule has 1 aliphatic heterocycles. The number of nitrogens with zero attached hydrogens (tertiary/aromatic N) is 3. The number of aromatic nitrogens is 2. The number of aryl methyl sites for hydroxylation is 3. The molecule has 0 saturated carbocycles. The topological polar surface area (TPSA) is 51.3 Å². The molecule has 0 bridgehead atoms. The quantitative estimate of drug-likeness (QED) is 0.872. The Morgan fingerprint density at radius 1 is 1.55 bits per heavy atom. The number of amides is 1. The van der Waals surface area contributed by atoms with Gasteiger partial charge in [-0.25, -0.2) is 4.98 Å². The lowest BCUT2D eigenvalue weighted by molar-refractivity contribution is 0.0726. The van der Waals surface area contributed by atoms with E-state index in [1.165, 1.54) is 0 Å². The Kier molecular flexibility index (Phi) is 4.05. The number of hydrogen-bond donors (Lipinski definition) is 0. The molecule has 0 saturated heterocycles. The molecule has 0 spiro atoms. The minimum absolute atomic E-state index is 0.0198. The third-order valence-corrected chi connectivity index (χ3v) is 4.42. The van der Waals surface area contributed by atoms with Crippen molar-refractivity contribution in [3.8, 4) is 0 Å². The van der Waals surface area contributed by atoms with Gasteiger partial charge in [0, 0.05) is 50.9 Å². The zero-order chi connectivity index (χ0) is 15.7. The average Bonchev–Trinajstić information content (AvgIpc) is 3.12. The van der Waals surface area contributed by atoms with Crippen LogP contribution in [0.25, 0.3) is 0 Å². The predicted molar refractivity (Wildman–Crippen MR) is 83.8 cm³/mol. The Balaban J connectivity index is 1.65. The molecule has 0 aliphatic carbocycles. The highest BCUT2D eigenvalue weighted by atomic mass is 16.4. The first-order valence-corrected chi connectivity index (χ1v) is 7.93. The maximum Gasteiger partial charge on any atom is 0.289 e. The van der Waals surface area contributed by atoms with Gasteiger partial charge in [-0.05, 0) is 25.3 Å². The van der Waals surface area contributed by atoms with E-state index in [1.807, 2.05) is 39.4 Å². The van der Waals surface area contributed by atoms with E-state index in [0.29, 0.717) is 11.7 Å². The molecule has 1 atom stereocenters. The summed E-state index contributed by atoms with van der Waals surface area (Å²) in [7, 11) is 1.86. The summed E-state index contributed by atoms with van der Waals surface area (Å²) in [6.07, 6.45) is 6.74.